The molecule has 12 heteroatoms. The molecule has 1 heterocycles. The summed E-state index contributed by atoms with van der Waals surface area (Å²) in [5, 5.41) is 8.60. The molecule has 0 aliphatic heterocycles. The Hall–Kier alpha value is -1.86. The summed E-state index contributed by atoms with van der Waals surface area (Å²) in [5.74, 6) is -0.270. The minimum absolute atomic E-state index is 0. The zero-order valence-electron chi connectivity index (χ0n) is 28.5. The first-order chi connectivity index (χ1) is 21.9. The van der Waals surface area contributed by atoms with Crippen LogP contribution in [0.3, 0.4) is 0 Å². The summed E-state index contributed by atoms with van der Waals surface area (Å²) < 4.78 is 17.3. The molecule has 46 heavy (non-hydrogen) atoms. The highest BCUT2D eigenvalue weighted by Gasteiger charge is 2.15. The van der Waals surface area contributed by atoms with Crippen molar-refractivity contribution in [2.75, 3.05) is 40.0 Å². The predicted octanol–water partition coefficient (Wildman–Crippen LogP) is 4.11. The number of alkyl carbamates (subject to hydrolysis) is 2. The summed E-state index contributed by atoms with van der Waals surface area (Å²) >= 11 is 6.06. The first kappa shape index (κ1) is 44.1. The molecule has 1 rings (SSSR count). The lowest BCUT2D eigenvalue weighted by atomic mass is 10.0. The van der Waals surface area contributed by atoms with Gasteiger partial charge in [-0.25, -0.2) is 9.59 Å². The van der Waals surface area contributed by atoms with E-state index in [4.69, 9.17) is 25.8 Å². The van der Waals surface area contributed by atoms with Crippen LogP contribution >= 0.6 is 11.6 Å². The first-order valence-corrected chi connectivity index (χ1v) is 17.6. The van der Waals surface area contributed by atoms with E-state index in [9.17, 15) is 14.4 Å². The molecule has 1 aromatic rings. The van der Waals surface area contributed by atoms with Gasteiger partial charge in [-0.3, -0.25) is 4.79 Å². The van der Waals surface area contributed by atoms with Crippen LogP contribution in [0.5, 0.6) is 0 Å². The third-order valence-corrected chi connectivity index (χ3v) is 8.03. The molecule has 3 N–H and O–H groups in total. The summed E-state index contributed by atoms with van der Waals surface area (Å²) in [7, 11) is 1.46. The zero-order valence-corrected chi connectivity index (χ0v) is 31.4. The summed E-state index contributed by atoms with van der Waals surface area (Å²) in [5.41, 5.74) is 0.473. The van der Waals surface area contributed by atoms with Crippen LogP contribution in [-0.4, -0.2) is 64.2 Å². The van der Waals surface area contributed by atoms with E-state index >= 15 is 0 Å². The van der Waals surface area contributed by atoms with Crippen molar-refractivity contribution in [2.45, 2.75) is 129 Å². The number of aromatic nitrogens is 1. The Morgan fingerprint density at radius 2 is 1.15 bits per heavy atom. The molecular weight excluding hydrogens is 723 g/mol. The van der Waals surface area contributed by atoms with Gasteiger partial charge in [-0.05, 0) is 31.0 Å². The molecule has 3 amide bonds. The fraction of sp³-hybridized carbons (Fsp3) is 0.765. The number of ether oxygens (including phenoxy) is 3. The van der Waals surface area contributed by atoms with E-state index in [0.717, 1.165) is 12.8 Å². The molecule has 0 saturated carbocycles. The van der Waals surface area contributed by atoms with Gasteiger partial charge in [-0.1, -0.05) is 103 Å². The van der Waals surface area contributed by atoms with E-state index in [1.807, 2.05) is 6.92 Å². The van der Waals surface area contributed by atoms with Crippen LogP contribution in [0, 0.1) is 0 Å². The Bertz CT molecular complexity index is 943. The van der Waals surface area contributed by atoms with Crippen LogP contribution in [0.25, 0.3) is 0 Å². The Labute approximate surface area is 299 Å². The summed E-state index contributed by atoms with van der Waals surface area (Å²) in [6.07, 6.45) is 20.8. The molecule has 10 nitrogen and oxygen atoms in total. The van der Waals surface area contributed by atoms with Crippen molar-refractivity contribution >= 4 is 29.7 Å². The molecule has 0 aliphatic carbocycles. The number of rotatable bonds is 27. The monoisotopic (exact) mass is 782 g/mol. The second kappa shape index (κ2) is 30.5. The molecule has 0 saturated heterocycles. The number of nitrogens with one attached hydrogen (secondary N) is 3. The van der Waals surface area contributed by atoms with Crippen LogP contribution in [0.2, 0.25) is 5.15 Å². The van der Waals surface area contributed by atoms with E-state index < -0.39 is 18.3 Å². The van der Waals surface area contributed by atoms with Gasteiger partial charge in [0, 0.05) is 32.8 Å². The number of unbranched alkanes of at least 4 members (excludes halogenated alkanes) is 15. The number of carbonyl (C=O) groups excluding carboxylic acids is 3. The molecule has 0 fully saturated rings. The lowest BCUT2D eigenvalue weighted by Crippen LogP contribution is -3.00. The highest BCUT2D eigenvalue weighted by Crippen LogP contribution is 2.13. The normalized spacial score (nSPS) is 11.3. The molecule has 0 spiro atoms. The highest BCUT2D eigenvalue weighted by molar-refractivity contribution is 6.28. The molecule has 0 bridgehead atoms. The molecule has 1 unspecified atom stereocenters. The third kappa shape index (κ3) is 23.5. The molecule has 1 aromatic heterocycles. The minimum atomic E-state index is -0.658. The van der Waals surface area contributed by atoms with Crippen molar-refractivity contribution in [3.8, 4) is 0 Å². The fourth-order valence-electron chi connectivity index (χ4n) is 4.83. The number of pyridine rings is 1. The number of hydrogen-bond acceptors (Lipinski definition) is 6. The van der Waals surface area contributed by atoms with Crippen molar-refractivity contribution in [1.82, 2.24) is 16.0 Å². The predicted molar refractivity (Wildman–Crippen MR) is 179 cm³/mol. The Morgan fingerprint density at radius 1 is 0.696 bits per heavy atom. The van der Waals surface area contributed by atoms with Crippen LogP contribution in [0.1, 0.15) is 127 Å². The van der Waals surface area contributed by atoms with Gasteiger partial charge in [0.25, 0.3) is 11.1 Å². The van der Waals surface area contributed by atoms with E-state index in [1.54, 1.807) is 22.9 Å². The van der Waals surface area contributed by atoms with E-state index in [2.05, 4.69) is 22.9 Å². The second-order valence-corrected chi connectivity index (χ2v) is 11.9. The quantitative estimate of drug-likeness (QED) is 0.0536. The SMILES string of the molecule is CCCCCCCCCCCCCCCCCCNC(=O)OCC(COC(=O)NCCNC(=O)c1ccc(Cl)[n+](CC)c1)OC.[I-]. The average Bonchev–Trinajstić information content (AvgIpc) is 3.04. The van der Waals surface area contributed by atoms with Crippen molar-refractivity contribution in [3.63, 3.8) is 0 Å². The minimum Gasteiger partial charge on any atom is -1.00 e. The molecule has 0 radical (unpaired) electrons. The van der Waals surface area contributed by atoms with Gasteiger partial charge >= 0.3 is 12.2 Å². The first-order valence-electron chi connectivity index (χ1n) is 17.2. The molecule has 266 valence electrons. The second-order valence-electron chi connectivity index (χ2n) is 11.5. The summed E-state index contributed by atoms with van der Waals surface area (Å²) in [4.78, 5) is 36.3. The highest BCUT2D eigenvalue weighted by atomic mass is 127. The maximum atomic E-state index is 12.3. The van der Waals surface area contributed by atoms with Gasteiger partial charge in [-0.15, -0.1) is 0 Å². The number of carbonyl (C=O) groups is 3. The maximum Gasteiger partial charge on any atom is 0.407 e. The van der Waals surface area contributed by atoms with Crippen molar-refractivity contribution < 1.29 is 57.1 Å². The fourth-order valence-corrected chi connectivity index (χ4v) is 5.06. The van der Waals surface area contributed by atoms with Gasteiger partial charge in [0.05, 0.1) is 0 Å². The molecule has 0 aromatic carbocycles. The molecule has 0 aliphatic rings. The number of amides is 3. The van der Waals surface area contributed by atoms with Crippen molar-refractivity contribution in [2.24, 2.45) is 0 Å². The van der Waals surface area contributed by atoms with Gasteiger partial charge in [0.1, 0.15) is 31.4 Å². The van der Waals surface area contributed by atoms with E-state index in [0.29, 0.717) is 23.8 Å². The largest absolute Gasteiger partial charge is 1.00 e. The standard InChI is InChI=1S/C34H59ClN4O6.HI/c1-4-6-7-8-9-10-11-12-13-14-15-16-17-18-19-20-23-37-33(41)44-27-30(43-3)28-45-34(42)38-25-24-36-32(40)29-21-22-31(35)39(5-2)26-29;/h21-22,26,30H,4-20,23-25,27-28H2,1-3H3,(H2-,36,37,38,40,41,42);1H. The molecule has 1 atom stereocenters. The number of halogens is 2. The summed E-state index contributed by atoms with van der Waals surface area (Å²) in [6, 6.07) is 3.30. The third-order valence-electron chi connectivity index (χ3n) is 7.69. The maximum absolute atomic E-state index is 12.3. The van der Waals surface area contributed by atoms with E-state index in [1.165, 1.54) is 97.0 Å². The van der Waals surface area contributed by atoms with Crippen LogP contribution in [0.15, 0.2) is 18.3 Å². The van der Waals surface area contributed by atoms with Gasteiger partial charge in [0.2, 0.25) is 0 Å². The van der Waals surface area contributed by atoms with Crippen molar-refractivity contribution in [1.29, 1.82) is 0 Å². The Kier molecular flexibility index (Phi) is 29.2. The van der Waals surface area contributed by atoms with Crippen LogP contribution in [0.4, 0.5) is 9.59 Å². The van der Waals surface area contributed by atoms with E-state index in [-0.39, 0.29) is 56.2 Å². The smallest absolute Gasteiger partial charge is 0.407 e. The zero-order chi connectivity index (χ0) is 33.0. The van der Waals surface area contributed by atoms with Gasteiger partial charge < -0.3 is 54.1 Å². The lowest BCUT2D eigenvalue weighted by Gasteiger charge is -2.16. The van der Waals surface area contributed by atoms with Gasteiger partial charge in [-0.2, -0.15) is 4.57 Å². The topological polar surface area (TPSA) is 119 Å². The lowest BCUT2D eigenvalue weighted by molar-refractivity contribution is -0.691. The number of methoxy groups -OCH3 is 1. The number of nitrogens with zero attached hydrogens (tertiary/aromatic N) is 1. The van der Waals surface area contributed by atoms with Crippen molar-refractivity contribution in [3.05, 3.63) is 29.0 Å². The Balaban J connectivity index is 0.0000202. The average molecular weight is 783 g/mol. The Morgan fingerprint density at radius 3 is 1.63 bits per heavy atom. The van der Waals surface area contributed by atoms with Gasteiger partial charge in [0.15, 0.2) is 6.20 Å². The number of hydrogen-bond donors (Lipinski definition) is 3. The van der Waals surface area contributed by atoms with Crippen LogP contribution in [-0.2, 0) is 20.8 Å². The molecular formula is C34H60ClIN4O6. The van der Waals surface area contributed by atoms with Crippen LogP contribution < -0.4 is 44.5 Å². The number of aryl methyl sites for hydroxylation is 1. The summed E-state index contributed by atoms with van der Waals surface area (Å²) in [6.45, 7) is 5.70.